The smallest absolute Gasteiger partial charge is 0.0361 e. The molecular weight excluding hydrogens is 513 g/mol. The van der Waals surface area contributed by atoms with Gasteiger partial charge < -0.3 is 0 Å². The van der Waals surface area contributed by atoms with Crippen molar-refractivity contribution >= 4 is 69.9 Å². The number of benzene rings is 7. The molecule has 0 amide bonds. The largest absolute Gasteiger partial charge is 0.135 e. The normalized spacial score (nSPS) is 13.1. The molecule has 0 saturated heterocycles. The molecule has 0 saturated carbocycles. The van der Waals surface area contributed by atoms with Crippen molar-refractivity contribution < 1.29 is 0 Å². The fourth-order valence-corrected chi connectivity index (χ4v) is 8.29. The Bertz CT molecular complexity index is 2370. The summed E-state index contributed by atoms with van der Waals surface area (Å²) < 4.78 is 2.70. The van der Waals surface area contributed by atoms with Gasteiger partial charge in [0.15, 0.2) is 0 Å². The molecule has 192 valence electrons. The lowest BCUT2D eigenvalue weighted by Gasteiger charge is -2.25. The maximum absolute atomic E-state index is 2.43. The van der Waals surface area contributed by atoms with Gasteiger partial charge in [0.2, 0.25) is 0 Å². The standard InChI is InChI=1S/C40H26S/c1-2-12-27-25(11-1)23-36(29-14-4-3-13-28(27)29)40-34-18-7-5-16-32(34)39(33-17-6-8-19-35(33)40)26-21-22-31-30-15-9-10-20-37(30)41-38(31)24-26/h1-7,9-18,20-24H,8,19H2. The van der Waals surface area contributed by atoms with E-state index in [9.17, 15) is 0 Å². The first-order valence-electron chi connectivity index (χ1n) is 14.4. The highest BCUT2D eigenvalue weighted by atomic mass is 32.1. The summed E-state index contributed by atoms with van der Waals surface area (Å²) in [7, 11) is 0. The van der Waals surface area contributed by atoms with Gasteiger partial charge in [-0.3, -0.25) is 0 Å². The van der Waals surface area contributed by atoms with Crippen LogP contribution >= 0.6 is 11.3 Å². The van der Waals surface area contributed by atoms with Crippen molar-refractivity contribution in [2.75, 3.05) is 0 Å². The summed E-state index contributed by atoms with van der Waals surface area (Å²) in [5.41, 5.74) is 8.25. The number of rotatable bonds is 2. The fraction of sp³-hybridized carbons (Fsp3) is 0.0500. The maximum atomic E-state index is 2.43. The molecule has 7 aromatic carbocycles. The van der Waals surface area contributed by atoms with Crippen LogP contribution in [0.5, 0.6) is 0 Å². The Morgan fingerprint density at radius 1 is 0.488 bits per heavy atom. The van der Waals surface area contributed by atoms with Crippen LogP contribution in [-0.2, 0) is 6.42 Å². The predicted octanol–water partition coefficient (Wildman–Crippen LogP) is 11.8. The Hall–Kier alpha value is -4.72. The number of thiophene rings is 1. The van der Waals surface area contributed by atoms with Crippen LogP contribution in [0.4, 0.5) is 0 Å². The summed E-state index contributed by atoms with van der Waals surface area (Å²) in [5.74, 6) is 0. The van der Waals surface area contributed by atoms with E-state index in [0.717, 1.165) is 12.8 Å². The molecule has 1 aromatic heterocycles. The van der Waals surface area contributed by atoms with Crippen LogP contribution in [0, 0.1) is 0 Å². The van der Waals surface area contributed by atoms with Crippen LogP contribution in [0.2, 0.25) is 0 Å². The molecule has 1 aliphatic rings. The number of allylic oxidation sites excluding steroid dienone is 1. The lowest BCUT2D eigenvalue weighted by atomic mass is 9.79. The van der Waals surface area contributed by atoms with Crippen LogP contribution in [0.25, 0.3) is 80.8 Å². The third-order valence-corrected chi connectivity index (χ3v) is 10.0. The van der Waals surface area contributed by atoms with Crippen molar-refractivity contribution in [3.05, 3.63) is 139 Å². The van der Waals surface area contributed by atoms with Crippen molar-refractivity contribution in [3.63, 3.8) is 0 Å². The van der Waals surface area contributed by atoms with Crippen molar-refractivity contribution in [2.24, 2.45) is 0 Å². The summed E-state index contributed by atoms with van der Waals surface area (Å²) in [6.07, 6.45) is 6.87. The van der Waals surface area contributed by atoms with Crippen LogP contribution < -0.4 is 0 Å². The van der Waals surface area contributed by atoms with Gasteiger partial charge in [-0.2, -0.15) is 0 Å². The Morgan fingerprint density at radius 3 is 2.00 bits per heavy atom. The zero-order valence-electron chi connectivity index (χ0n) is 22.5. The second-order valence-corrected chi connectivity index (χ2v) is 12.2. The first-order chi connectivity index (χ1) is 20.3. The highest BCUT2D eigenvalue weighted by Crippen LogP contribution is 2.48. The lowest BCUT2D eigenvalue weighted by Crippen LogP contribution is -2.03. The molecule has 0 radical (unpaired) electrons. The quantitative estimate of drug-likeness (QED) is 0.192. The van der Waals surface area contributed by atoms with Crippen molar-refractivity contribution in [3.8, 4) is 22.3 Å². The molecule has 8 aromatic rings. The SMILES string of the molecule is C1=Cc2c(c(-c3cc4ccccc4c4ccccc34)c3ccccc3c2-c2ccc3c(c2)sc2ccccc23)CC1. The molecule has 0 N–H and O–H groups in total. The minimum Gasteiger partial charge on any atom is -0.135 e. The van der Waals surface area contributed by atoms with E-state index in [4.69, 9.17) is 0 Å². The summed E-state index contributed by atoms with van der Waals surface area (Å²) in [5, 5.41) is 10.6. The monoisotopic (exact) mass is 538 g/mol. The van der Waals surface area contributed by atoms with E-state index in [1.54, 1.807) is 0 Å². The van der Waals surface area contributed by atoms with Gasteiger partial charge in [0.25, 0.3) is 0 Å². The van der Waals surface area contributed by atoms with Crippen LogP contribution in [0.3, 0.4) is 0 Å². The lowest BCUT2D eigenvalue weighted by molar-refractivity contribution is 0.992. The molecule has 1 heteroatoms. The summed E-state index contributed by atoms with van der Waals surface area (Å²) in [6.45, 7) is 0. The molecule has 1 heterocycles. The van der Waals surface area contributed by atoms with Crippen LogP contribution in [0.15, 0.2) is 127 Å². The van der Waals surface area contributed by atoms with Gasteiger partial charge in [-0.1, -0.05) is 115 Å². The van der Waals surface area contributed by atoms with Crippen LogP contribution in [-0.4, -0.2) is 0 Å². The third kappa shape index (κ3) is 3.40. The van der Waals surface area contributed by atoms with E-state index < -0.39 is 0 Å². The molecule has 1 aliphatic carbocycles. The average Bonchev–Trinajstić information content (AvgIpc) is 3.41. The van der Waals surface area contributed by atoms with Crippen LogP contribution in [0.1, 0.15) is 17.5 Å². The second kappa shape index (κ2) is 8.89. The molecule has 0 unspecified atom stereocenters. The van der Waals surface area contributed by atoms with Crippen molar-refractivity contribution in [1.82, 2.24) is 0 Å². The molecular formula is C40H26S. The highest BCUT2D eigenvalue weighted by Gasteiger charge is 2.23. The minimum atomic E-state index is 1.05. The van der Waals surface area contributed by atoms with Gasteiger partial charge >= 0.3 is 0 Å². The van der Waals surface area contributed by atoms with Crippen molar-refractivity contribution in [2.45, 2.75) is 12.8 Å². The second-order valence-electron chi connectivity index (χ2n) is 11.1. The first kappa shape index (κ1) is 23.0. The topological polar surface area (TPSA) is 0 Å². The zero-order chi connectivity index (χ0) is 26.9. The molecule has 0 bridgehead atoms. The Balaban J connectivity index is 1.40. The van der Waals surface area contributed by atoms with E-state index >= 15 is 0 Å². The molecule has 9 rings (SSSR count). The zero-order valence-corrected chi connectivity index (χ0v) is 23.3. The molecule has 0 nitrogen and oxygen atoms in total. The number of hydrogen-bond acceptors (Lipinski definition) is 1. The number of hydrogen-bond donors (Lipinski definition) is 0. The summed E-state index contributed by atoms with van der Waals surface area (Å²) in [6, 6.07) is 45.1. The fourth-order valence-electron chi connectivity index (χ4n) is 7.15. The van der Waals surface area contributed by atoms with E-state index in [0.29, 0.717) is 0 Å². The molecule has 0 fully saturated rings. The predicted molar refractivity (Wildman–Crippen MR) is 180 cm³/mol. The summed E-state index contributed by atoms with van der Waals surface area (Å²) >= 11 is 1.90. The summed E-state index contributed by atoms with van der Waals surface area (Å²) in [4.78, 5) is 0. The number of fused-ring (bicyclic) bond motifs is 8. The maximum Gasteiger partial charge on any atom is 0.0361 e. The minimum absolute atomic E-state index is 1.05. The Morgan fingerprint density at radius 2 is 1.15 bits per heavy atom. The molecule has 41 heavy (non-hydrogen) atoms. The van der Waals surface area contributed by atoms with Gasteiger partial charge in [0.1, 0.15) is 0 Å². The molecule has 0 aliphatic heterocycles. The third-order valence-electron chi connectivity index (χ3n) is 8.91. The first-order valence-corrected chi connectivity index (χ1v) is 15.2. The Labute approximate surface area is 242 Å². The van der Waals surface area contributed by atoms with E-state index in [-0.39, 0.29) is 0 Å². The van der Waals surface area contributed by atoms with Gasteiger partial charge in [-0.15, -0.1) is 11.3 Å². The highest BCUT2D eigenvalue weighted by molar-refractivity contribution is 7.25. The molecule has 0 spiro atoms. The Kier molecular flexibility index (Phi) is 5.00. The average molecular weight is 539 g/mol. The van der Waals surface area contributed by atoms with E-state index in [2.05, 4.69) is 133 Å². The van der Waals surface area contributed by atoms with E-state index in [1.807, 2.05) is 11.3 Å². The van der Waals surface area contributed by atoms with Gasteiger partial charge in [-0.25, -0.2) is 0 Å². The molecule has 0 atom stereocenters. The van der Waals surface area contributed by atoms with Gasteiger partial charge in [0, 0.05) is 20.2 Å². The van der Waals surface area contributed by atoms with Crippen molar-refractivity contribution in [1.29, 1.82) is 0 Å². The van der Waals surface area contributed by atoms with Gasteiger partial charge in [-0.05, 0) is 96.7 Å². The van der Waals surface area contributed by atoms with E-state index in [1.165, 1.54) is 85.9 Å². The van der Waals surface area contributed by atoms with Gasteiger partial charge in [0.05, 0.1) is 0 Å².